The van der Waals surface area contributed by atoms with Gasteiger partial charge in [-0.2, -0.15) is 4.98 Å². The molecule has 1 aromatic carbocycles. The van der Waals surface area contributed by atoms with E-state index in [9.17, 15) is 4.79 Å². The number of H-pyrrole nitrogens is 1. The van der Waals surface area contributed by atoms with E-state index in [4.69, 9.17) is 5.73 Å². The Morgan fingerprint density at radius 2 is 2.22 bits per heavy atom. The first kappa shape index (κ1) is 15.5. The van der Waals surface area contributed by atoms with Crippen LogP contribution in [0.1, 0.15) is 16.6 Å². The number of hydrogen-bond acceptors (Lipinski definition) is 7. The van der Waals surface area contributed by atoms with Crippen LogP contribution in [0.3, 0.4) is 0 Å². The number of thiazole rings is 1. The summed E-state index contributed by atoms with van der Waals surface area (Å²) < 4.78 is 0. The number of rotatable bonds is 6. The van der Waals surface area contributed by atoms with Gasteiger partial charge in [-0.05, 0) is 5.56 Å². The number of thioether (sulfide) groups is 1. The minimum Gasteiger partial charge on any atom is -0.368 e. The molecule has 4 N–H and O–H groups in total. The van der Waals surface area contributed by atoms with Gasteiger partial charge in [-0.1, -0.05) is 42.1 Å². The lowest BCUT2D eigenvalue weighted by atomic mass is 10.1. The molecule has 2 aromatic heterocycles. The van der Waals surface area contributed by atoms with Gasteiger partial charge in [-0.3, -0.25) is 4.79 Å². The first-order valence-electron chi connectivity index (χ1n) is 6.77. The van der Waals surface area contributed by atoms with E-state index in [-0.39, 0.29) is 23.7 Å². The summed E-state index contributed by atoms with van der Waals surface area (Å²) in [5.74, 6) is 0.312. The van der Waals surface area contributed by atoms with Gasteiger partial charge in [0.2, 0.25) is 17.0 Å². The van der Waals surface area contributed by atoms with Gasteiger partial charge >= 0.3 is 0 Å². The molecule has 2 heterocycles. The summed E-state index contributed by atoms with van der Waals surface area (Å²) in [5, 5.41) is 12.6. The largest absolute Gasteiger partial charge is 0.368 e. The molecule has 0 spiro atoms. The van der Waals surface area contributed by atoms with Crippen LogP contribution in [-0.4, -0.2) is 31.8 Å². The van der Waals surface area contributed by atoms with Crippen LogP contribution in [0.25, 0.3) is 0 Å². The number of nitrogens with two attached hydrogens (primary N) is 1. The molecule has 0 saturated carbocycles. The van der Waals surface area contributed by atoms with Crippen LogP contribution in [0, 0.1) is 0 Å². The number of hydrogen-bond donors (Lipinski definition) is 3. The van der Waals surface area contributed by atoms with E-state index in [1.807, 2.05) is 35.7 Å². The number of amides is 1. The van der Waals surface area contributed by atoms with E-state index in [2.05, 4.69) is 25.5 Å². The Bertz CT molecular complexity index is 759. The Hall–Kier alpha value is -2.39. The molecule has 9 heteroatoms. The van der Waals surface area contributed by atoms with E-state index < -0.39 is 0 Å². The lowest BCUT2D eigenvalue weighted by molar-refractivity contribution is -0.119. The van der Waals surface area contributed by atoms with E-state index in [0.29, 0.717) is 5.16 Å². The maximum atomic E-state index is 12.3. The second-order valence-corrected chi connectivity index (χ2v) is 6.44. The van der Waals surface area contributed by atoms with Crippen LogP contribution in [0.2, 0.25) is 0 Å². The maximum absolute atomic E-state index is 12.3. The van der Waals surface area contributed by atoms with Crippen LogP contribution in [-0.2, 0) is 4.79 Å². The van der Waals surface area contributed by atoms with Crippen molar-refractivity contribution in [3.05, 3.63) is 52.5 Å². The van der Waals surface area contributed by atoms with Crippen molar-refractivity contribution in [3.8, 4) is 0 Å². The average molecular weight is 346 g/mol. The summed E-state index contributed by atoms with van der Waals surface area (Å²) in [6, 6.07) is 9.49. The number of benzene rings is 1. The van der Waals surface area contributed by atoms with E-state index in [1.165, 1.54) is 23.1 Å². The van der Waals surface area contributed by atoms with Gasteiger partial charge < -0.3 is 11.1 Å². The van der Waals surface area contributed by atoms with Crippen molar-refractivity contribution in [3.63, 3.8) is 0 Å². The summed E-state index contributed by atoms with van der Waals surface area (Å²) in [4.78, 5) is 20.5. The highest BCUT2D eigenvalue weighted by atomic mass is 32.2. The zero-order valence-electron chi connectivity index (χ0n) is 12.0. The minimum atomic E-state index is -0.262. The van der Waals surface area contributed by atoms with Crippen molar-refractivity contribution in [2.24, 2.45) is 0 Å². The molecule has 0 aliphatic heterocycles. The smallest absolute Gasteiger partial charge is 0.231 e. The monoisotopic (exact) mass is 346 g/mol. The van der Waals surface area contributed by atoms with Gasteiger partial charge in [0.15, 0.2) is 0 Å². The van der Waals surface area contributed by atoms with Gasteiger partial charge in [-0.25, -0.2) is 10.1 Å². The predicted molar refractivity (Wildman–Crippen MR) is 90.1 cm³/mol. The van der Waals surface area contributed by atoms with Gasteiger partial charge in [0.25, 0.3) is 0 Å². The third-order valence-electron chi connectivity index (χ3n) is 2.95. The number of aromatic nitrogens is 4. The molecule has 3 aromatic rings. The number of carbonyl (C=O) groups is 1. The zero-order chi connectivity index (χ0) is 16.1. The highest BCUT2D eigenvalue weighted by Crippen LogP contribution is 2.24. The molecular formula is C14H14N6OS2. The fraction of sp³-hybridized carbons (Fsp3) is 0.143. The Morgan fingerprint density at radius 1 is 1.39 bits per heavy atom. The highest BCUT2D eigenvalue weighted by Gasteiger charge is 2.19. The number of nitrogen functional groups attached to an aromatic ring is 1. The molecule has 0 saturated heterocycles. The molecule has 1 amide bonds. The van der Waals surface area contributed by atoms with Crippen molar-refractivity contribution in [1.82, 2.24) is 25.5 Å². The highest BCUT2D eigenvalue weighted by molar-refractivity contribution is 7.99. The van der Waals surface area contributed by atoms with Crippen LogP contribution in [0.5, 0.6) is 0 Å². The number of nitrogens with one attached hydrogen (secondary N) is 2. The van der Waals surface area contributed by atoms with Crippen LogP contribution >= 0.6 is 23.1 Å². The average Bonchev–Trinajstić information content (AvgIpc) is 3.23. The molecular weight excluding hydrogens is 332 g/mol. The normalized spacial score (nSPS) is 12.0. The molecule has 23 heavy (non-hydrogen) atoms. The van der Waals surface area contributed by atoms with Gasteiger partial charge in [0.05, 0.1) is 5.75 Å². The summed E-state index contributed by atoms with van der Waals surface area (Å²) >= 11 is 2.73. The van der Waals surface area contributed by atoms with E-state index in [0.717, 1.165) is 10.6 Å². The molecule has 0 fully saturated rings. The van der Waals surface area contributed by atoms with Crippen molar-refractivity contribution in [1.29, 1.82) is 0 Å². The fourth-order valence-electron chi connectivity index (χ4n) is 1.97. The Balaban J connectivity index is 1.67. The first-order chi connectivity index (χ1) is 11.2. The standard InChI is InChI=1S/C14H14N6OS2/c15-13-18-14(20-19-13)23-8-10(21)17-11(12-16-6-7-22-12)9-4-2-1-3-5-9/h1-7,11H,8H2,(H,17,21)(H3,15,18,19,20). The topological polar surface area (TPSA) is 110 Å². The number of aromatic amines is 1. The quantitative estimate of drug-likeness (QED) is 0.588. The third kappa shape index (κ3) is 4.08. The molecule has 0 aliphatic rings. The lowest BCUT2D eigenvalue weighted by Crippen LogP contribution is -2.30. The predicted octanol–water partition coefficient (Wildman–Crippen LogP) is 1.84. The molecule has 1 unspecified atom stereocenters. The second-order valence-electron chi connectivity index (χ2n) is 4.57. The lowest BCUT2D eigenvalue weighted by Gasteiger charge is -2.16. The van der Waals surface area contributed by atoms with Crippen molar-refractivity contribution < 1.29 is 4.79 Å². The van der Waals surface area contributed by atoms with Crippen molar-refractivity contribution in [2.45, 2.75) is 11.2 Å². The van der Waals surface area contributed by atoms with E-state index in [1.54, 1.807) is 6.20 Å². The summed E-state index contributed by atoms with van der Waals surface area (Å²) in [6.07, 6.45) is 1.73. The summed E-state index contributed by atoms with van der Waals surface area (Å²) in [7, 11) is 0. The number of carbonyl (C=O) groups excluding carboxylic acids is 1. The molecule has 0 bridgehead atoms. The Labute approximate surface area is 140 Å². The molecule has 7 nitrogen and oxygen atoms in total. The summed E-state index contributed by atoms with van der Waals surface area (Å²) in [5.41, 5.74) is 6.44. The molecule has 118 valence electrons. The maximum Gasteiger partial charge on any atom is 0.231 e. The molecule has 1 atom stereocenters. The van der Waals surface area contributed by atoms with Crippen LogP contribution in [0.4, 0.5) is 5.95 Å². The number of anilines is 1. The minimum absolute atomic E-state index is 0.123. The van der Waals surface area contributed by atoms with Crippen molar-refractivity contribution >= 4 is 35.0 Å². The van der Waals surface area contributed by atoms with Crippen molar-refractivity contribution in [2.75, 3.05) is 11.5 Å². The number of nitrogens with zero attached hydrogens (tertiary/aromatic N) is 3. The molecule has 3 rings (SSSR count). The Kier molecular flexibility index (Phi) is 4.89. The Morgan fingerprint density at radius 3 is 2.87 bits per heavy atom. The fourth-order valence-corrected chi connectivity index (χ4v) is 3.30. The van der Waals surface area contributed by atoms with E-state index >= 15 is 0 Å². The van der Waals surface area contributed by atoms with Crippen LogP contribution < -0.4 is 11.1 Å². The van der Waals surface area contributed by atoms with Crippen LogP contribution in [0.15, 0.2) is 47.1 Å². The van der Waals surface area contributed by atoms with Gasteiger partial charge in [-0.15, -0.1) is 16.4 Å². The first-order valence-corrected chi connectivity index (χ1v) is 8.63. The zero-order valence-corrected chi connectivity index (χ0v) is 13.6. The SMILES string of the molecule is Nc1nc(SCC(=O)NC(c2ccccc2)c2nccs2)n[nH]1. The second kappa shape index (κ2) is 7.25. The molecule has 0 aliphatic carbocycles. The third-order valence-corrected chi connectivity index (χ3v) is 4.64. The summed E-state index contributed by atoms with van der Waals surface area (Å²) in [6.45, 7) is 0. The van der Waals surface area contributed by atoms with Gasteiger partial charge in [0, 0.05) is 11.6 Å². The molecule has 0 radical (unpaired) electrons. The van der Waals surface area contributed by atoms with Gasteiger partial charge in [0.1, 0.15) is 11.0 Å².